The first-order chi connectivity index (χ1) is 18.9. The van der Waals surface area contributed by atoms with Crippen molar-refractivity contribution >= 4 is 17.2 Å². The molecule has 0 radical (unpaired) electrons. The summed E-state index contributed by atoms with van der Waals surface area (Å²) in [5, 5.41) is 25.6. The van der Waals surface area contributed by atoms with E-state index in [4.69, 9.17) is 4.52 Å². The molecule has 0 saturated heterocycles. The fourth-order valence-electron chi connectivity index (χ4n) is 4.85. The molecule has 0 aliphatic carbocycles. The van der Waals surface area contributed by atoms with Crippen LogP contribution < -0.4 is 0 Å². The van der Waals surface area contributed by atoms with E-state index in [0.717, 1.165) is 10.5 Å². The van der Waals surface area contributed by atoms with Crippen molar-refractivity contribution in [2.75, 3.05) is 13.6 Å². The van der Waals surface area contributed by atoms with Crippen LogP contribution in [-0.2, 0) is 17.9 Å². The minimum atomic E-state index is -4.66. The van der Waals surface area contributed by atoms with Gasteiger partial charge in [-0.2, -0.15) is 18.2 Å². The van der Waals surface area contributed by atoms with Gasteiger partial charge in [0.1, 0.15) is 6.54 Å². The van der Waals surface area contributed by atoms with Crippen LogP contribution >= 0.6 is 0 Å². The molecule has 10 nitrogen and oxygen atoms in total. The second-order valence-electron chi connectivity index (χ2n) is 9.46. The number of hydrogen-bond acceptors (Lipinski definition) is 8. The van der Waals surface area contributed by atoms with E-state index >= 15 is 0 Å². The molecule has 3 aromatic rings. The molecule has 0 fully saturated rings. The lowest BCUT2D eigenvalue weighted by molar-refractivity contribution is -0.384. The fraction of sp³-hybridized carbons (Fsp3) is 0.296. The number of nitrogens with zero attached hydrogens (tertiary/aromatic N) is 5. The Kier molecular flexibility index (Phi) is 8.05. The molecule has 1 atom stereocenters. The number of hydrogen-bond donors (Lipinski definition) is 1. The Morgan fingerprint density at radius 1 is 1.12 bits per heavy atom. The van der Waals surface area contributed by atoms with Crippen molar-refractivity contribution in [2.24, 2.45) is 0 Å². The second-order valence-corrected chi connectivity index (χ2v) is 9.46. The van der Waals surface area contributed by atoms with E-state index in [1.165, 1.54) is 38.1 Å². The lowest BCUT2D eigenvalue weighted by Gasteiger charge is -2.37. The van der Waals surface area contributed by atoms with Gasteiger partial charge >= 0.3 is 12.1 Å². The number of rotatable bonds is 9. The van der Waals surface area contributed by atoms with E-state index in [1.807, 2.05) is 42.3 Å². The Morgan fingerprint density at radius 2 is 1.82 bits per heavy atom. The minimum Gasteiger partial charge on any atom is -0.478 e. The SMILES string of the molecule is CC1=C(C(=O)O)C(c2cccc([N+](=O)[O-])c2)C(c2nc(CN(C)Cc3ccccc3)no2)=C(C)N1CC(F)(F)F. The Bertz CT molecular complexity index is 1480. The Hall–Kier alpha value is -4.52. The first-order valence-corrected chi connectivity index (χ1v) is 12.1. The highest BCUT2D eigenvalue weighted by atomic mass is 19.4. The van der Waals surface area contributed by atoms with Crippen LogP contribution in [0.1, 0.15) is 42.6 Å². The third-order valence-corrected chi connectivity index (χ3v) is 6.55. The van der Waals surface area contributed by atoms with Gasteiger partial charge in [-0.05, 0) is 32.0 Å². The first-order valence-electron chi connectivity index (χ1n) is 12.1. The number of nitro groups is 1. The Morgan fingerprint density at radius 3 is 2.45 bits per heavy atom. The molecule has 40 heavy (non-hydrogen) atoms. The molecule has 1 unspecified atom stereocenters. The molecule has 13 heteroatoms. The van der Waals surface area contributed by atoms with Gasteiger partial charge in [0.2, 0.25) is 0 Å². The summed E-state index contributed by atoms with van der Waals surface area (Å²) >= 11 is 0. The topological polar surface area (TPSA) is 126 Å². The molecule has 0 spiro atoms. The predicted molar refractivity (Wildman–Crippen MR) is 137 cm³/mol. The summed E-state index contributed by atoms with van der Waals surface area (Å²) in [4.78, 5) is 30.5. The number of carboxylic acids is 1. The molecule has 4 rings (SSSR count). The summed E-state index contributed by atoms with van der Waals surface area (Å²) in [6.07, 6.45) is -4.66. The molecule has 1 aliphatic rings. The molecule has 0 amide bonds. The van der Waals surface area contributed by atoms with Crippen LogP contribution in [0.5, 0.6) is 0 Å². The molecule has 210 valence electrons. The molecule has 1 N–H and O–H groups in total. The largest absolute Gasteiger partial charge is 0.478 e. The van der Waals surface area contributed by atoms with Crippen LogP contribution in [0, 0.1) is 10.1 Å². The van der Waals surface area contributed by atoms with Gasteiger partial charge in [-0.15, -0.1) is 0 Å². The highest BCUT2D eigenvalue weighted by molar-refractivity contribution is 5.95. The van der Waals surface area contributed by atoms with Crippen LogP contribution in [0.4, 0.5) is 18.9 Å². The average molecular weight is 558 g/mol. The zero-order valence-corrected chi connectivity index (χ0v) is 21.8. The van der Waals surface area contributed by atoms with Crippen molar-refractivity contribution in [3.8, 4) is 0 Å². The standard InChI is InChI=1S/C27H26F3N5O5/c1-16-22(25-31-21(32-40-25)14-33(3)13-18-8-5-4-6-9-18)24(19-10-7-11-20(12-19)35(38)39)23(26(36)37)17(2)34(16)15-27(28,29)30/h4-12,24H,13-15H2,1-3H3,(H,36,37). The quantitative estimate of drug-likeness (QED) is 0.273. The molecular formula is C27H26F3N5O5. The normalized spacial score (nSPS) is 16.2. The lowest BCUT2D eigenvalue weighted by Crippen LogP contribution is -2.37. The van der Waals surface area contributed by atoms with Gasteiger partial charge in [0.25, 0.3) is 11.6 Å². The van der Waals surface area contributed by atoms with Gasteiger partial charge in [0.05, 0.1) is 23.0 Å². The summed E-state index contributed by atoms with van der Waals surface area (Å²) in [7, 11) is 1.83. The smallest absolute Gasteiger partial charge is 0.406 e. The van der Waals surface area contributed by atoms with Crippen LogP contribution in [-0.4, -0.2) is 55.7 Å². The van der Waals surface area contributed by atoms with Crippen LogP contribution in [0.3, 0.4) is 0 Å². The monoisotopic (exact) mass is 557 g/mol. The number of aliphatic carboxylic acids is 1. The molecular weight excluding hydrogens is 531 g/mol. The number of halogens is 3. The Balaban J connectivity index is 1.80. The van der Waals surface area contributed by atoms with Crippen molar-refractivity contribution in [1.82, 2.24) is 19.9 Å². The van der Waals surface area contributed by atoms with Gasteiger partial charge in [0.15, 0.2) is 5.82 Å². The van der Waals surface area contributed by atoms with Crippen molar-refractivity contribution < 1.29 is 32.5 Å². The minimum absolute atomic E-state index is 0.0252. The third-order valence-electron chi connectivity index (χ3n) is 6.55. The van der Waals surface area contributed by atoms with E-state index < -0.39 is 29.5 Å². The molecule has 2 aromatic carbocycles. The molecule has 2 heterocycles. The summed E-state index contributed by atoms with van der Waals surface area (Å²) in [5.74, 6) is -2.63. The maximum Gasteiger partial charge on any atom is 0.406 e. The summed E-state index contributed by atoms with van der Waals surface area (Å²) in [6.45, 7) is 2.02. The summed E-state index contributed by atoms with van der Waals surface area (Å²) in [5.41, 5.74) is 0.466. The van der Waals surface area contributed by atoms with Gasteiger partial charge in [-0.25, -0.2) is 4.79 Å². The van der Waals surface area contributed by atoms with E-state index in [0.29, 0.717) is 6.54 Å². The molecule has 0 bridgehead atoms. The number of aromatic nitrogens is 2. The van der Waals surface area contributed by atoms with E-state index in [2.05, 4.69) is 10.1 Å². The van der Waals surface area contributed by atoms with Crippen molar-refractivity contribution in [2.45, 2.75) is 39.0 Å². The van der Waals surface area contributed by atoms with Crippen LogP contribution in [0.15, 0.2) is 76.1 Å². The lowest BCUT2D eigenvalue weighted by atomic mass is 9.79. The van der Waals surface area contributed by atoms with Gasteiger partial charge in [-0.3, -0.25) is 15.0 Å². The van der Waals surface area contributed by atoms with E-state index in [-0.39, 0.29) is 52.1 Å². The average Bonchev–Trinajstić information content (AvgIpc) is 3.33. The molecule has 0 saturated carbocycles. The van der Waals surface area contributed by atoms with Gasteiger partial charge in [-0.1, -0.05) is 47.6 Å². The van der Waals surface area contributed by atoms with Crippen LogP contribution in [0.2, 0.25) is 0 Å². The van der Waals surface area contributed by atoms with Crippen molar-refractivity contribution in [3.63, 3.8) is 0 Å². The summed E-state index contributed by atoms with van der Waals surface area (Å²) < 4.78 is 46.2. The zero-order chi connectivity index (χ0) is 29.2. The number of allylic oxidation sites excluding steroid dienone is 3. The van der Waals surface area contributed by atoms with E-state index in [9.17, 15) is 33.2 Å². The van der Waals surface area contributed by atoms with Gasteiger partial charge in [0, 0.05) is 35.6 Å². The number of carboxylic acid groups (broad SMARTS) is 1. The number of benzene rings is 2. The highest BCUT2D eigenvalue weighted by Gasteiger charge is 2.42. The maximum atomic E-state index is 13.6. The van der Waals surface area contributed by atoms with Crippen molar-refractivity contribution in [1.29, 1.82) is 0 Å². The zero-order valence-electron chi connectivity index (χ0n) is 21.8. The van der Waals surface area contributed by atoms with Crippen molar-refractivity contribution in [3.05, 3.63) is 105 Å². The van der Waals surface area contributed by atoms with Gasteiger partial charge < -0.3 is 14.5 Å². The first kappa shape index (κ1) is 28.5. The number of alkyl halides is 3. The number of nitro benzene ring substituents is 1. The predicted octanol–water partition coefficient (Wildman–Crippen LogP) is 5.36. The fourth-order valence-corrected chi connectivity index (χ4v) is 4.85. The summed E-state index contributed by atoms with van der Waals surface area (Å²) in [6, 6.07) is 14.9. The second kappa shape index (κ2) is 11.3. The molecule has 1 aromatic heterocycles. The molecule has 1 aliphatic heterocycles. The number of carbonyl (C=O) groups is 1. The number of non-ortho nitro benzene ring substituents is 1. The highest BCUT2D eigenvalue weighted by Crippen LogP contribution is 2.47. The van der Waals surface area contributed by atoms with Crippen LogP contribution in [0.25, 0.3) is 5.57 Å². The third kappa shape index (κ3) is 6.20. The van der Waals surface area contributed by atoms with E-state index in [1.54, 1.807) is 0 Å². The Labute approximate surface area is 227 Å². The maximum absolute atomic E-state index is 13.6.